The molecule has 0 atom stereocenters. The summed E-state index contributed by atoms with van der Waals surface area (Å²) in [6, 6.07) is 12.4. The van der Waals surface area contributed by atoms with Crippen molar-refractivity contribution in [3.8, 4) is 0 Å². The van der Waals surface area contributed by atoms with Crippen molar-refractivity contribution in [2.24, 2.45) is 0 Å². The fourth-order valence-corrected chi connectivity index (χ4v) is 3.04. The van der Waals surface area contributed by atoms with Crippen molar-refractivity contribution in [2.45, 2.75) is 46.1 Å². The minimum Gasteiger partial charge on any atom is -0.366 e. The Balaban J connectivity index is 1.82. The van der Waals surface area contributed by atoms with Gasteiger partial charge in [0.15, 0.2) is 0 Å². The predicted molar refractivity (Wildman–Crippen MR) is 111 cm³/mol. The first-order chi connectivity index (χ1) is 13.0. The van der Waals surface area contributed by atoms with E-state index in [0.29, 0.717) is 18.4 Å². The second-order valence-corrected chi connectivity index (χ2v) is 7.24. The Kier molecular flexibility index (Phi) is 6.01. The van der Waals surface area contributed by atoms with Crippen LogP contribution in [0.5, 0.6) is 0 Å². The summed E-state index contributed by atoms with van der Waals surface area (Å²) in [6.07, 6.45) is 5.17. The zero-order valence-corrected chi connectivity index (χ0v) is 16.4. The zero-order chi connectivity index (χ0) is 19.2. The molecular formula is C22H27N5. The fraction of sp³-hybridized carbons (Fsp3) is 0.318. The number of nitrogens with one attached hydrogen (secondary N) is 2. The molecule has 2 N–H and O–H groups in total. The third kappa shape index (κ3) is 4.82. The van der Waals surface area contributed by atoms with Gasteiger partial charge < -0.3 is 10.6 Å². The van der Waals surface area contributed by atoms with Gasteiger partial charge in [-0.3, -0.25) is 4.98 Å². The highest BCUT2D eigenvalue weighted by molar-refractivity contribution is 5.67. The number of rotatable bonds is 7. The molecular weight excluding hydrogens is 334 g/mol. The number of benzene rings is 1. The van der Waals surface area contributed by atoms with Crippen LogP contribution in [0.25, 0.3) is 0 Å². The van der Waals surface area contributed by atoms with Crippen molar-refractivity contribution < 1.29 is 0 Å². The average Bonchev–Trinajstić information content (AvgIpc) is 2.67. The van der Waals surface area contributed by atoms with Crippen LogP contribution in [0.2, 0.25) is 0 Å². The molecule has 0 spiro atoms. The molecule has 0 amide bonds. The summed E-state index contributed by atoms with van der Waals surface area (Å²) in [5, 5.41) is 6.88. The van der Waals surface area contributed by atoms with Crippen LogP contribution in [0.1, 0.15) is 56.2 Å². The summed E-state index contributed by atoms with van der Waals surface area (Å²) >= 11 is 0. The number of pyridine rings is 1. The van der Waals surface area contributed by atoms with Gasteiger partial charge in [0.05, 0.1) is 0 Å². The second-order valence-electron chi connectivity index (χ2n) is 7.24. The van der Waals surface area contributed by atoms with E-state index in [1.807, 2.05) is 18.2 Å². The molecule has 2 aromatic heterocycles. The highest BCUT2D eigenvalue weighted by Gasteiger charge is 2.14. The zero-order valence-electron chi connectivity index (χ0n) is 16.4. The number of aromatic nitrogens is 3. The predicted octanol–water partition coefficient (Wildman–Crippen LogP) is 5.47. The van der Waals surface area contributed by atoms with Crippen molar-refractivity contribution >= 4 is 17.3 Å². The van der Waals surface area contributed by atoms with Gasteiger partial charge in [0.1, 0.15) is 18.0 Å². The first-order valence-electron chi connectivity index (χ1n) is 9.39. The third-order valence-electron chi connectivity index (χ3n) is 4.52. The Morgan fingerprint density at radius 2 is 1.48 bits per heavy atom. The van der Waals surface area contributed by atoms with Crippen LogP contribution in [0, 0.1) is 0 Å². The highest BCUT2D eigenvalue weighted by atomic mass is 15.1. The summed E-state index contributed by atoms with van der Waals surface area (Å²) in [4.78, 5) is 12.8. The number of para-hydroxylation sites is 1. The molecule has 0 fully saturated rings. The van der Waals surface area contributed by atoms with Gasteiger partial charge in [-0.15, -0.1) is 0 Å². The lowest BCUT2D eigenvalue weighted by Crippen LogP contribution is -2.06. The molecule has 1 aromatic carbocycles. The van der Waals surface area contributed by atoms with E-state index < -0.39 is 0 Å². The quantitative estimate of drug-likeness (QED) is 0.584. The average molecular weight is 361 g/mol. The first kappa shape index (κ1) is 18.8. The number of nitrogens with zero attached hydrogens (tertiary/aromatic N) is 3. The fourth-order valence-electron chi connectivity index (χ4n) is 3.04. The Labute approximate surface area is 161 Å². The molecule has 5 heteroatoms. The lowest BCUT2D eigenvalue weighted by atomic mass is 9.92. The van der Waals surface area contributed by atoms with E-state index in [2.05, 4.69) is 71.5 Å². The summed E-state index contributed by atoms with van der Waals surface area (Å²) in [5.41, 5.74) is 4.91. The molecule has 0 aliphatic rings. The Morgan fingerprint density at radius 1 is 0.852 bits per heavy atom. The van der Waals surface area contributed by atoms with Gasteiger partial charge in [0.2, 0.25) is 0 Å². The van der Waals surface area contributed by atoms with Crippen molar-refractivity contribution in [1.29, 1.82) is 0 Å². The molecule has 3 aromatic rings. The van der Waals surface area contributed by atoms with Crippen molar-refractivity contribution in [3.63, 3.8) is 0 Å². The molecule has 5 nitrogen and oxygen atoms in total. The molecule has 3 rings (SSSR count). The van der Waals surface area contributed by atoms with Crippen LogP contribution in [-0.2, 0) is 6.54 Å². The minimum absolute atomic E-state index is 0.428. The van der Waals surface area contributed by atoms with Crippen LogP contribution in [0.3, 0.4) is 0 Å². The largest absolute Gasteiger partial charge is 0.366 e. The molecule has 0 saturated heterocycles. The summed E-state index contributed by atoms with van der Waals surface area (Å²) < 4.78 is 0. The molecule has 0 aliphatic carbocycles. The highest BCUT2D eigenvalue weighted by Crippen LogP contribution is 2.34. The Morgan fingerprint density at radius 3 is 2.11 bits per heavy atom. The van der Waals surface area contributed by atoms with Crippen LogP contribution in [0.4, 0.5) is 17.3 Å². The van der Waals surface area contributed by atoms with Gasteiger partial charge in [-0.05, 0) is 40.7 Å². The molecule has 0 saturated carbocycles. The van der Waals surface area contributed by atoms with Crippen LogP contribution in [-0.4, -0.2) is 15.0 Å². The molecule has 140 valence electrons. The van der Waals surface area contributed by atoms with Crippen molar-refractivity contribution in [3.05, 3.63) is 71.8 Å². The van der Waals surface area contributed by atoms with Gasteiger partial charge in [-0.25, -0.2) is 9.97 Å². The first-order valence-corrected chi connectivity index (χ1v) is 9.39. The van der Waals surface area contributed by atoms with E-state index >= 15 is 0 Å². The van der Waals surface area contributed by atoms with Crippen molar-refractivity contribution in [2.75, 3.05) is 10.6 Å². The standard InChI is InChI=1S/C22H27N5/c1-15(2)18-6-5-7-19(16(3)4)22(18)27-21-12-20(25-14-26-21)24-13-17-8-10-23-11-9-17/h5-12,14-16H,13H2,1-4H3,(H2,24,25,26,27). The molecule has 0 radical (unpaired) electrons. The van der Waals surface area contributed by atoms with E-state index in [-0.39, 0.29) is 0 Å². The SMILES string of the molecule is CC(C)c1cccc(C(C)C)c1Nc1cc(NCc2ccncc2)ncn1. The maximum absolute atomic E-state index is 4.42. The monoisotopic (exact) mass is 361 g/mol. The normalized spacial score (nSPS) is 11.0. The van der Waals surface area contributed by atoms with E-state index in [1.54, 1.807) is 18.7 Å². The minimum atomic E-state index is 0.428. The summed E-state index contributed by atoms with van der Waals surface area (Å²) in [6.45, 7) is 9.55. The van der Waals surface area contributed by atoms with Gasteiger partial charge in [0, 0.05) is 30.7 Å². The Bertz CT molecular complexity index is 849. The van der Waals surface area contributed by atoms with Crippen LogP contribution < -0.4 is 10.6 Å². The van der Waals surface area contributed by atoms with E-state index in [0.717, 1.165) is 22.9 Å². The summed E-state index contributed by atoms with van der Waals surface area (Å²) in [5.74, 6) is 2.43. The van der Waals surface area contributed by atoms with E-state index in [4.69, 9.17) is 0 Å². The van der Waals surface area contributed by atoms with Gasteiger partial charge in [0.25, 0.3) is 0 Å². The van der Waals surface area contributed by atoms with Gasteiger partial charge in [-0.1, -0.05) is 45.9 Å². The smallest absolute Gasteiger partial charge is 0.135 e. The Hall–Kier alpha value is -2.95. The van der Waals surface area contributed by atoms with Crippen LogP contribution >= 0.6 is 0 Å². The number of anilines is 3. The second kappa shape index (κ2) is 8.62. The lowest BCUT2D eigenvalue weighted by molar-refractivity contribution is 0.838. The molecule has 27 heavy (non-hydrogen) atoms. The van der Waals surface area contributed by atoms with E-state index in [9.17, 15) is 0 Å². The van der Waals surface area contributed by atoms with Crippen LogP contribution in [0.15, 0.2) is 55.1 Å². The maximum atomic E-state index is 4.42. The molecule has 0 unspecified atom stereocenters. The number of hydrogen-bond acceptors (Lipinski definition) is 5. The summed E-state index contributed by atoms with van der Waals surface area (Å²) in [7, 11) is 0. The van der Waals surface area contributed by atoms with Crippen molar-refractivity contribution in [1.82, 2.24) is 15.0 Å². The van der Waals surface area contributed by atoms with Gasteiger partial charge >= 0.3 is 0 Å². The third-order valence-corrected chi connectivity index (χ3v) is 4.52. The topological polar surface area (TPSA) is 62.7 Å². The maximum Gasteiger partial charge on any atom is 0.135 e. The molecule has 0 bridgehead atoms. The molecule has 2 heterocycles. The molecule has 0 aliphatic heterocycles. The van der Waals surface area contributed by atoms with E-state index in [1.165, 1.54) is 11.1 Å². The van der Waals surface area contributed by atoms with Gasteiger partial charge in [-0.2, -0.15) is 0 Å². The lowest BCUT2D eigenvalue weighted by Gasteiger charge is -2.20. The number of hydrogen-bond donors (Lipinski definition) is 2.